The molecule has 10 N–H and O–H groups in total. The molecule has 2 aliphatic carbocycles. The van der Waals surface area contributed by atoms with Crippen molar-refractivity contribution in [2.45, 2.75) is 22.6 Å². The number of primary sulfonamides is 2. The Labute approximate surface area is 266 Å². The van der Waals surface area contributed by atoms with E-state index in [4.69, 9.17) is 10.3 Å². The Bertz CT molecular complexity index is 2370. The summed E-state index contributed by atoms with van der Waals surface area (Å²) in [6, 6.07) is 19.6. The molecule has 2 aromatic heterocycles. The van der Waals surface area contributed by atoms with Gasteiger partial charge in [0.1, 0.15) is 0 Å². The van der Waals surface area contributed by atoms with Gasteiger partial charge in [0.2, 0.25) is 20.0 Å². The third-order valence-electron chi connectivity index (χ3n) is 8.47. The number of nitrogens with one attached hydrogen (secondary N) is 2. The Morgan fingerprint density at radius 2 is 0.979 bits per heavy atom. The fourth-order valence-electron chi connectivity index (χ4n) is 6.41. The highest BCUT2D eigenvalue weighted by Gasteiger charge is 2.29. The summed E-state index contributed by atoms with van der Waals surface area (Å²) in [7, 11) is -7.57. The van der Waals surface area contributed by atoms with Gasteiger partial charge in [-0.1, -0.05) is 24.3 Å². The quantitative estimate of drug-likeness (QED) is 0.161. The number of H-pyrrole nitrogens is 2. The highest BCUT2D eigenvalue weighted by atomic mass is 32.2. The fourth-order valence-corrected chi connectivity index (χ4v) is 7.49. The van der Waals surface area contributed by atoms with Crippen molar-refractivity contribution in [1.29, 1.82) is 0 Å². The van der Waals surface area contributed by atoms with Crippen LogP contribution in [0.4, 0.5) is 0 Å². The SMILES string of the molecule is NS(=O)(=O)c1ccc2[nH]c3c(c2c1)Cc1c(C(=O)O)cccc1-3.NS(=O)(=O)c1ccc2[nH]c3c(c2c1)Cc1c(C(=O)O)cccc1-3.O. The lowest BCUT2D eigenvalue weighted by Gasteiger charge is -2.04. The zero-order chi connectivity index (χ0) is 32.7. The minimum Gasteiger partial charge on any atom is -0.478 e. The lowest BCUT2D eigenvalue weighted by atomic mass is 10.0. The number of nitrogens with two attached hydrogens (primary N) is 2. The van der Waals surface area contributed by atoms with E-state index in [2.05, 4.69) is 9.97 Å². The Morgan fingerprint density at radius 1 is 0.596 bits per heavy atom. The number of aromatic amines is 2. The zero-order valence-corrected chi connectivity index (χ0v) is 25.8. The molecule has 0 saturated carbocycles. The maximum absolute atomic E-state index is 11.6. The number of aromatic nitrogens is 2. The number of hydrogen-bond donors (Lipinski definition) is 6. The average molecular weight is 675 g/mol. The monoisotopic (exact) mass is 674 g/mol. The summed E-state index contributed by atoms with van der Waals surface area (Å²) in [4.78, 5) is 29.3. The molecule has 0 radical (unpaired) electrons. The Balaban J connectivity index is 0.000000161. The van der Waals surface area contributed by atoms with Gasteiger partial charge in [-0.25, -0.2) is 36.7 Å². The summed E-state index contributed by atoms with van der Waals surface area (Å²) in [6.45, 7) is 0. The van der Waals surface area contributed by atoms with Crippen LogP contribution in [0.2, 0.25) is 0 Å². The molecule has 0 aliphatic heterocycles. The predicted molar refractivity (Wildman–Crippen MR) is 173 cm³/mol. The van der Waals surface area contributed by atoms with Gasteiger partial charge in [0.15, 0.2) is 0 Å². The van der Waals surface area contributed by atoms with Crippen LogP contribution < -0.4 is 10.3 Å². The van der Waals surface area contributed by atoms with Crippen LogP contribution in [0.1, 0.15) is 43.0 Å². The van der Waals surface area contributed by atoms with E-state index in [9.17, 15) is 36.6 Å². The van der Waals surface area contributed by atoms with Gasteiger partial charge in [-0.2, -0.15) is 0 Å². The molecule has 0 saturated heterocycles. The molecule has 13 nitrogen and oxygen atoms in total. The number of carbonyl (C=O) groups is 2. The van der Waals surface area contributed by atoms with Gasteiger partial charge in [-0.15, -0.1) is 0 Å². The van der Waals surface area contributed by atoms with Crippen LogP contribution in [0.15, 0.2) is 82.6 Å². The molecule has 240 valence electrons. The number of aromatic carboxylic acids is 2. The first-order valence-electron chi connectivity index (χ1n) is 13.8. The maximum Gasteiger partial charge on any atom is 0.335 e. The molecule has 2 aliphatic rings. The molecule has 0 amide bonds. The second-order valence-electron chi connectivity index (χ2n) is 11.1. The van der Waals surface area contributed by atoms with Gasteiger partial charge in [-0.05, 0) is 70.8 Å². The Hall–Kier alpha value is -5.32. The van der Waals surface area contributed by atoms with Crippen LogP contribution in [-0.2, 0) is 32.9 Å². The van der Waals surface area contributed by atoms with E-state index in [-0.39, 0.29) is 26.4 Å². The van der Waals surface area contributed by atoms with Crippen molar-refractivity contribution < 1.29 is 42.1 Å². The molecular weight excluding hydrogens is 649 g/mol. The molecule has 0 spiro atoms. The van der Waals surface area contributed by atoms with Crippen LogP contribution in [0.5, 0.6) is 0 Å². The number of sulfonamides is 2. The summed E-state index contributed by atoms with van der Waals surface area (Å²) in [5.74, 6) is -1.94. The van der Waals surface area contributed by atoms with Crippen molar-refractivity contribution in [3.8, 4) is 22.5 Å². The molecule has 0 unspecified atom stereocenters. The lowest BCUT2D eigenvalue weighted by molar-refractivity contribution is 0.0685. The highest BCUT2D eigenvalue weighted by Crippen LogP contribution is 2.43. The van der Waals surface area contributed by atoms with Crippen molar-refractivity contribution in [1.82, 2.24) is 9.97 Å². The van der Waals surface area contributed by atoms with Crippen molar-refractivity contribution in [3.05, 3.63) is 106 Å². The van der Waals surface area contributed by atoms with Gasteiger partial charge in [-0.3, -0.25) is 0 Å². The molecule has 2 heterocycles. The van der Waals surface area contributed by atoms with E-state index in [1.807, 2.05) is 12.1 Å². The lowest BCUT2D eigenvalue weighted by Crippen LogP contribution is -2.11. The van der Waals surface area contributed by atoms with E-state index in [0.717, 1.165) is 66.6 Å². The molecule has 15 heteroatoms. The summed E-state index contributed by atoms with van der Waals surface area (Å²) < 4.78 is 46.2. The Morgan fingerprint density at radius 3 is 1.32 bits per heavy atom. The number of carboxylic acids is 2. The molecule has 0 fully saturated rings. The largest absolute Gasteiger partial charge is 0.478 e. The zero-order valence-electron chi connectivity index (χ0n) is 24.2. The van der Waals surface area contributed by atoms with Gasteiger partial charge >= 0.3 is 11.9 Å². The molecule has 8 rings (SSSR count). The summed E-state index contributed by atoms with van der Waals surface area (Å²) in [5.41, 5.74) is 8.76. The second kappa shape index (κ2) is 10.9. The van der Waals surface area contributed by atoms with Crippen LogP contribution in [0, 0.1) is 0 Å². The van der Waals surface area contributed by atoms with Crippen molar-refractivity contribution >= 4 is 53.8 Å². The smallest absolute Gasteiger partial charge is 0.335 e. The maximum atomic E-state index is 11.6. The Kier molecular flexibility index (Phi) is 7.34. The average Bonchev–Trinajstić information content (AvgIpc) is 3.73. The van der Waals surface area contributed by atoms with Crippen LogP contribution in [0.25, 0.3) is 44.3 Å². The van der Waals surface area contributed by atoms with E-state index >= 15 is 0 Å². The second-order valence-corrected chi connectivity index (χ2v) is 14.2. The van der Waals surface area contributed by atoms with E-state index < -0.39 is 32.0 Å². The first-order valence-corrected chi connectivity index (χ1v) is 16.9. The first-order chi connectivity index (χ1) is 21.7. The van der Waals surface area contributed by atoms with Crippen LogP contribution in [0.3, 0.4) is 0 Å². The normalized spacial score (nSPS) is 12.8. The number of hydrogen-bond acceptors (Lipinski definition) is 6. The topological polar surface area (TPSA) is 258 Å². The third kappa shape index (κ3) is 5.15. The van der Waals surface area contributed by atoms with Gasteiger partial charge < -0.3 is 25.7 Å². The third-order valence-corrected chi connectivity index (χ3v) is 10.3. The van der Waals surface area contributed by atoms with Crippen molar-refractivity contribution in [3.63, 3.8) is 0 Å². The number of fused-ring (bicyclic) bond motifs is 10. The molecule has 0 bridgehead atoms. The highest BCUT2D eigenvalue weighted by molar-refractivity contribution is 7.89. The van der Waals surface area contributed by atoms with Crippen LogP contribution in [-0.4, -0.2) is 54.4 Å². The number of carboxylic acid groups (broad SMARTS) is 2. The van der Waals surface area contributed by atoms with E-state index in [1.165, 1.54) is 24.3 Å². The minimum absolute atomic E-state index is 0. The number of rotatable bonds is 4. The van der Waals surface area contributed by atoms with Crippen molar-refractivity contribution in [2.75, 3.05) is 0 Å². The molecule has 47 heavy (non-hydrogen) atoms. The first kappa shape index (κ1) is 31.7. The molecular formula is C32H26N4O9S2. The predicted octanol–water partition coefficient (Wildman–Crippen LogP) is 3.34. The molecule has 4 aromatic carbocycles. The van der Waals surface area contributed by atoms with Crippen LogP contribution >= 0.6 is 0 Å². The summed E-state index contributed by atoms with van der Waals surface area (Å²) >= 11 is 0. The van der Waals surface area contributed by atoms with E-state index in [1.54, 1.807) is 36.4 Å². The van der Waals surface area contributed by atoms with E-state index in [0.29, 0.717) is 12.8 Å². The summed E-state index contributed by atoms with van der Waals surface area (Å²) in [6.07, 6.45) is 0.891. The minimum atomic E-state index is -3.79. The molecule has 6 aromatic rings. The van der Waals surface area contributed by atoms with Gasteiger partial charge in [0.05, 0.1) is 32.3 Å². The van der Waals surface area contributed by atoms with Gasteiger partial charge in [0.25, 0.3) is 0 Å². The summed E-state index contributed by atoms with van der Waals surface area (Å²) in [5, 5.41) is 30.5. The molecule has 0 atom stereocenters. The standard InChI is InChI=1S/2C16H12N2O4S.H2O/c2*17-23(21,22)8-4-5-14-12(6-8)13-7-11-9(15(13)18-14)2-1-3-10(11)16(19)20;/h2*1-6,18H,7H2,(H,19,20)(H2,17,21,22);1H2. The number of benzene rings is 4. The fraction of sp³-hybridized carbons (Fsp3) is 0.0625. The van der Waals surface area contributed by atoms with Gasteiger partial charge in [0, 0.05) is 45.8 Å². The van der Waals surface area contributed by atoms with Crippen molar-refractivity contribution in [2.24, 2.45) is 10.3 Å².